The summed E-state index contributed by atoms with van der Waals surface area (Å²) in [5, 5.41) is 0. The molecule has 2 aromatic rings. The predicted molar refractivity (Wildman–Crippen MR) is 64.4 cm³/mol. The molecule has 0 fully saturated rings. The number of hydrogen-bond donors (Lipinski definition) is 0. The number of fused-ring (bicyclic) bond motifs is 1. The summed E-state index contributed by atoms with van der Waals surface area (Å²) >= 11 is 3.35. The van der Waals surface area contributed by atoms with Gasteiger partial charge in [0.25, 0.3) is 0 Å². The molecule has 0 unspecified atom stereocenters. The van der Waals surface area contributed by atoms with Gasteiger partial charge in [0, 0.05) is 18.2 Å². The summed E-state index contributed by atoms with van der Waals surface area (Å²) in [6, 6.07) is 7.90. The van der Waals surface area contributed by atoms with Crippen molar-refractivity contribution in [1.82, 2.24) is 9.97 Å². The molecule has 0 radical (unpaired) electrons. The van der Waals surface area contributed by atoms with Gasteiger partial charge in [0.2, 0.25) is 0 Å². The van der Waals surface area contributed by atoms with Crippen molar-refractivity contribution in [2.75, 3.05) is 6.61 Å². The van der Waals surface area contributed by atoms with E-state index in [1.54, 1.807) is 6.20 Å². The van der Waals surface area contributed by atoms with Gasteiger partial charge in [-0.2, -0.15) is 0 Å². The molecule has 1 aliphatic heterocycles. The molecule has 4 heteroatoms. The first-order valence-corrected chi connectivity index (χ1v) is 5.87. The molecule has 1 aliphatic rings. The van der Waals surface area contributed by atoms with E-state index in [2.05, 4.69) is 32.0 Å². The number of halogens is 1. The van der Waals surface area contributed by atoms with E-state index in [1.807, 2.05) is 18.2 Å². The maximum atomic E-state index is 5.46. The van der Waals surface area contributed by atoms with Crippen LogP contribution in [0.25, 0.3) is 11.4 Å². The first kappa shape index (κ1) is 9.78. The van der Waals surface area contributed by atoms with Crippen molar-refractivity contribution in [2.45, 2.75) is 6.42 Å². The summed E-state index contributed by atoms with van der Waals surface area (Å²) in [6.07, 6.45) is 2.72. The van der Waals surface area contributed by atoms with Gasteiger partial charge in [-0.05, 0) is 45.8 Å². The molecule has 2 heterocycles. The zero-order chi connectivity index (χ0) is 11.0. The molecule has 3 rings (SSSR count). The molecule has 1 aromatic heterocycles. The number of nitrogens with zero attached hydrogens (tertiary/aromatic N) is 2. The van der Waals surface area contributed by atoms with Crippen molar-refractivity contribution in [3.05, 3.63) is 40.6 Å². The van der Waals surface area contributed by atoms with E-state index < -0.39 is 0 Å². The minimum atomic E-state index is 0.740. The number of rotatable bonds is 1. The highest BCUT2D eigenvalue weighted by atomic mass is 79.9. The van der Waals surface area contributed by atoms with E-state index in [1.165, 1.54) is 5.56 Å². The lowest BCUT2D eigenvalue weighted by Crippen LogP contribution is -1.89. The van der Waals surface area contributed by atoms with Gasteiger partial charge in [-0.25, -0.2) is 9.97 Å². The van der Waals surface area contributed by atoms with Crippen molar-refractivity contribution >= 4 is 15.9 Å². The summed E-state index contributed by atoms with van der Waals surface area (Å²) in [5.41, 5.74) is 2.27. The summed E-state index contributed by atoms with van der Waals surface area (Å²) in [6.45, 7) is 0.776. The van der Waals surface area contributed by atoms with Crippen LogP contribution in [0.15, 0.2) is 35.1 Å². The zero-order valence-corrected chi connectivity index (χ0v) is 10.1. The zero-order valence-electron chi connectivity index (χ0n) is 8.48. The molecule has 0 atom stereocenters. The monoisotopic (exact) mass is 276 g/mol. The van der Waals surface area contributed by atoms with Crippen molar-refractivity contribution in [3.8, 4) is 17.1 Å². The fourth-order valence-electron chi connectivity index (χ4n) is 1.80. The Kier molecular flexibility index (Phi) is 2.36. The third-order valence-corrected chi connectivity index (χ3v) is 3.01. The SMILES string of the molecule is Brc1ccnc(-c2ccc3c(c2)CCO3)n1. The molecule has 0 spiro atoms. The van der Waals surface area contributed by atoms with Crippen LogP contribution in [-0.4, -0.2) is 16.6 Å². The van der Waals surface area contributed by atoms with E-state index in [0.717, 1.165) is 34.8 Å². The normalized spacial score (nSPS) is 13.3. The molecule has 80 valence electrons. The van der Waals surface area contributed by atoms with E-state index in [9.17, 15) is 0 Å². The Morgan fingerprint density at radius 2 is 2.19 bits per heavy atom. The third kappa shape index (κ3) is 1.69. The highest BCUT2D eigenvalue weighted by molar-refractivity contribution is 9.10. The second-order valence-corrected chi connectivity index (χ2v) is 4.44. The number of aromatic nitrogens is 2. The molecule has 16 heavy (non-hydrogen) atoms. The van der Waals surface area contributed by atoms with Gasteiger partial charge in [0.05, 0.1) is 6.61 Å². The Morgan fingerprint density at radius 3 is 3.06 bits per heavy atom. The van der Waals surface area contributed by atoms with Crippen LogP contribution < -0.4 is 4.74 Å². The standard InChI is InChI=1S/C12H9BrN2O/c13-11-3-5-14-12(15-11)9-1-2-10-8(7-9)4-6-16-10/h1-3,5,7H,4,6H2. The first-order chi connectivity index (χ1) is 7.83. The fraction of sp³-hybridized carbons (Fsp3) is 0.167. The van der Waals surface area contributed by atoms with Crippen LogP contribution in [0.1, 0.15) is 5.56 Å². The molecule has 0 amide bonds. The minimum Gasteiger partial charge on any atom is -0.493 e. The molecule has 1 aromatic carbocycles. The summed E-state index contributed by atoms with van der Waals surface area (Å²) in [7, 11) is 0. The smallest absolute Gasteiger partial charge is 0.160 e. The van der Waals surface area contributed by atoms with Crippen LogP contribution in [0.5, 0.6) is 5.75 Å². The predicted octanol–water partition coefficient (Wildman–Crippen LogP) is 2.84. The lowest BCUT2D eigenvalue weighted by atomic mass is 10.1. The topological polar surface area (TPSA) is 35.0 Å². The molecule has 0 bridgehead atoms. The highest BCUT2D eigenvalue weighted by Gasteiger charge is 2.13. The molecular weight excluding hydrogens is 268 g/mol. The van der Waals surface area contributed by atoms with Crippen molar-refractivity contribution in [2.24, 2.45) is 0 Å². The van der Waals surface area contributed by atoms with Gasteiger partial charge in [0.15, 0.2) is 5.82 Å². The van der Waals surface area contributed by atoms with Gasteiger partial charge < -0.3 is 4.74 Å². The Bertz CT molecular complexity index is 542. The van der Waals surface area contributed by atoms with E-state index >= 15 is 0 Å². The average molecular weight is 277 g/mol. The van der Waals surface area contributed by atoms with Gasteiger partial charge in [-0.15, -0.1) is 0 Å². The molecule has 0 N–H and O–H groups in total. The maximum Gasteiger partial charge on any atom is 0.160 e. The molecular formula is C12H9BrN2O. The summed E-state index contributed by atoms with van der Waals surface area (Å²) in [5.74, 6) is 1.72. The van der Waals surface area contributed by atoms with Crippen LogP contribution >= 0.6 is 15.9 Å². The van der Waals surface area contributed by atoms with Crippen LogP contribution in [-0.2, 0) is 6.42 Å². The summed E-state index contributed by atoms with van der Waals surface area (Å²) in [4.78, 5) is 8.59. The van der Waals surface area contributed by atoms with E-state index in [-0.39, 0.29) is 0 Å². The Morgan fingerprint density at radius 1 is 1.25 bits per heavy atom. The Labute approximate surface area is 102 Å². The minimum absolute atomic E-state index is 0.740. The fourth-order valence-corrected chi connectivity index (χ4v) is 2.09. The average Bonchev–Trinajstić information content (AvgIpc) is 2.75. The van der Waals surface area contributed by atoms with Crippen LogP contribution in [0, 0.1) is 0 Å². The lowest BCUT2D eigenvalue weighted by Gasteiger charge is -2.03. The molecule has 0 saturated carbocycles. The Hall–Kier alpha value is -1.42. The second kappa shape index (κ2) is 3.87. The maximum absolute atomic E-state index is 5.46. The molecule has 0 saturated heterocycles. The number of ether oxygens (including phenoxy) is 1. The van der Waals surface area contributed by atoms with Crippen molar-refractivity contribution in [1.29, 1.82) is 0 Å². The second-order valence-electron chi connectivity index (χ2n) is 3.62. The highest BCUT2D eigenvalue weighted by Crippen LogP contribution is 2.29. The van der Waals surface area contributed by atoms with Gasteiger partial charge in [-0.1, -0.05) is 0 Å². The number of hydrogen-bond acceptors (Lipinski definition) is 3. The molecule has 0 aliphatic carbocycles. The van der Waals surface area contributed by atoms with Gasteiger partial charge in [-0.3, -0.25) is 0 Å². The number of benzene rings is 1. The van der Waals surface area contributed by atoms with Crippen LogP contribution in [0.2, 0.25) is 0 Å². The first-order valence-electron chi connectivity index (χ1n) is 5.07. The van der Waals surface area contributed by atoms with Crippen molar-refractivity contribution in [3.63, 3.8) is 0 Å². The van der Waals surface area contributed by atoms with Crippen LogP contribution in [0.3, 0.4) is 0 Å². The summed E-state index contributed by atoms with van der Waals surface area (Å²) < 4.78 is 6.26. The third-order valence-electron chi connectivity index (χ3n) is 2.57. The Balaban J connectivity index is 2.07. The van der Waals surface area contributed by atoms with E-state index in [4.69, 9.17) is 4.74 Å². The molecule has 3 nitrogen and oxygen atoms in total. The van der Waals surface area contributed by atoms with Crippen LogP contribution in [0.4, 0.5) is 0 Å². The lowest BCUT2D eigenvalue weighted by molar-refractivity contribution is 0.357. The van der Waals surface area contributed by atoms with Gasteiger partial charge in [0.1, 0.15) is 10.4 Å². The van der Waals surface area contributed by atoms with E-state index in [0.29, 0.717) is 0 Å². The largest absolute Gasteiger partial charge is 0.493 e. The van der Waals surface area contributed by atoms with Gasteiger partial charge >= 0.3 is 0 Å². The van der Waals surface area contributed by atoms with Crippen molar-refractivity contribution < 1.29 is 4.74 Å². The quantitative estimate of drug-likeness (QED) is 0.752.